The molecule has 1 aliphatic rings. The SMILES string of the molecule is CC[C@H](C)[C@H](NC(=O)[C@@H]1CCCN1C(=O)[C@@H](N)Cc1ccc(O)cc1)C(=O)N[C@@H](Cc1c[nH]c2ccccc12)C(=O)O. The zero-order chi connectivity index (χ0) is 30.4. The number of phenolic OH excluding ortho intramolecular Hbond substituents is 1. The van der Waals surface area contributed by atoms with Crippen LogP contribution in [0.25, 0.3) is 10.9 Å². The summed E-state index contributed by atoms with van der Waals surface area (Å²) in [6.07, 6.45) is 3.64. The summed E-state index contributed by atoms with van der Waals surface area (Å²) in [5, 5.41) is 25.7. The first-order valence-electron chi connectivity index (χ1n) is 14.3. The molecule has 3 amide bonds. The van der Waals surface area contributed by atoms with Crippen molar-refractivity contribution in [3.05, 3.63) is 65.9 Å². The number of aromatic hydroxyl groups is 1. The number of aliphatic carboxylic acids is 1. The molecule has 1 saturated heterocycles. The molecule has 0 spiro atoms. The van der Waals surface area contributed by atoms with E-state index in [4.69, 9.17) is 5.73 Å². The van der Waals surface area contributed by atoms with Gasteiger partial charge in [0.2, 0.25) is 17.7 Å². The maximum Gasteiger partial charge on any atom is 0.326 e. The number of aromatic amines is 1. The Kier molecular flexibility index (Phi) is 9.84. The smallest absolute Gasteiger partial charge is 0.326 e. The Bertz CT molecular complexity index is 1420. The second-order valence-corrected chi connectivity index (χ2v) is 11.0. The van der Waals surface area contributed by atoms with E-state index in [0.717, 1.165) is 22.0 Å². The standard InChI is InChI=1S/C31H39N5O6/c1-3-18(2)27(29(39)34-25(31(41)42)16-20-17-33-24-8-5-4-7-22(20)24)35-28(38)26-9-6-14-36(26)30(40)23(32)15-19-10-12-21(37)13-11-19/h4-5,7-8,10-13,17-18,23,25-27,33,37H,3,6,9,14-16,32H2,1-2H3,(H,34,39)(H,35,38)(H,41,42)/t18-,23-,25-,26-,27-/m0/s1. The summed E-state index contributed by atoms with van der Waals surface area (Å²) in [6.45, 7) is 4.06. The zero-order valence-corrected chi connectivity index (χ0v) is 23.9. The maximum absolute atomic E-state index is 13.5. The number of nitrogens with one attached hydrogen (secondary N) is 3. The highest BCUT2D eigenvalue weighted by Gasteiger charge is 2.39. The van der Waals surface area contributed by atoms with Crippen LogP contribution in [0.1, 0.15) is 44.2 Å². The van der Waals surface area contributed by atoms with Crippen molar-refractivity contribution in [3.63, 3.8) is 0 Å². The average molecular weight is 578 g/mol. The van der Waals surface area contributed by atoms with Crippen molar-refractivity contribution in [3.8, 4) is 5.75 Å². The molecule has 0 bridgehead atoms. The van der Waals surface area contributed by atoms with Crippen molar-refractivity contribution in [2.24, 2.45) is 11.7 Å². The largest absolute Gasteiger partial charge is 0.508 e. The van der Waals surface area contributed by atoms with E-state index < -0.39 is 42.0 Å². The molecule has 2 aromatic carbocycles. The molecule has 4 rings (SSSR count). The van der Waals surface area contributed by atoms with E-state index in [2.05, 4.69) is 15.6 Å². The third-order valence-corrected chi connectivity index (χ3v) is 8.05. The van der Waals surface area contributed by atoms with E-state index in [-0.39, 0.29) is 30.4 Å². The molecule has 1 aromatic heterocycles. The van der Waals surface area contributed by atoms with Crippen molar-refractivity contribution in [1.82, 2.24) is 20.5 Å². The normalized spacial score (nSPS) is 17.8. The first-order chi connectivity index (χ1) is 20.1. The summed E-state index contributed by atoms with van der Waals surface area (Å²) in [5.41, 5.74) is 8.62. The monoisotopic (exact) mass is 577 g/mol. The molecule has 42 heavy (non-hydrogen) atoms. The van der Waals surface area contributed by atoms with Crippen molar-refractivity contribution >= 4 is 34.6 Å². The van der Waals surface area contributed by atoms with Gasteiger partial charge in [-0.3, -0.25) is 14.4 Å². The molecule has 11 heteroatoms. The van der Waals surface area contributed by atoms with Gasteiger partial charge in [-0.2, -0.15) is 0 Å². The molecule has 7 N–H and O–H groups in total. The number of carboxylic acid groups (broad SMARTS) is 1. The summed E-state index contributed by atoms with van der Waals surface area (Å²) >= 11 is 0. The highest BCUT2D eigenvalue weighted by Crippen LogP contribution is 2.22. The van der Waals surface area contributed by atoms with Crippen LogP contribution in [-0.2, 0) is 32.0 Å². The molecule has 5 atom stereocenters. The Morgan fingerprint density at radius 2 is 1.79 bits per heavy atom. The number of nitrogens with zero attached hydrogens (tertiary/aromatic N) is 1. The third kappa shape index (κ3) is 7.09. The summed E-state index contributed by atoms with van der Waals surface area (Å²) < 4.78 is 0. The van der Waals surface area contributed by atoms with Gasteiger partial charge >= 0.3 is 5.97 Å². The minimum atomic E-state index is -1.21. The fourth-order valence-corrected chi connectivity index (χ4v) is 5.42. The number of carboxylic acids is 1. The first kappa shape index (κ1) is 30.6. The summed E-state index contributed by atoms with van der Waals surface area (Å²) in [4.78, 5) is 56.8. The van der Waals surface area contributed by atoms with Crippen LogP contribution < -0.4 is 16.4 Å². The van der Waals surface area contributed by atoms with Crippen LogP contribution in [-0.4, -0.2) is 74.5 Å². The van der Waals surface area contributed by atoms with E-state index in [0.29, 0.717) is 25.8 Å². The van der Waals surface area contributed by atoms with Gasteiger partial charge in [0.05, 0.1) is 6.04 Å². The Labute approximate surface area is 244 Å². The Hall–Kier alpha value is -4.38. The van der Waals surface area contributed by atoms with Crippen LogP contribution in [0.5, 0.6) is 5.75 Å². The predicted octanol–water partition coefficient (Wildman–Crippen LogP) is 2.08. The number of rotatable bonds is 12. The van der Waals surface area contributed by atoms with Crippen LogP contribution in [0.15, 0.2) is 54.7 Å². The van der Waals surface area contributed by atoms with Crippen LogP contribution in [0.2, 0.25) is 0 Å². The lowest BCUT2D eigenvalue weighted by atomic mass is 9.96. The number of H-pyrrole nitrogens is 1. The van der Waals surface area contributed by atoms with Crippen molar-refractivity contribution in [1.29, 1.82) is 0 Å². The summed E-state index contributed by atoms with van der Waals surface area (Å²) in [7, 11) is 0. The van der Waals surface area contributed by atoms with Crippen LogP contribution in [0, 0.1) is 5.92 Å². The number of nitrogens with two attached hydrogens (primary N) is 1. The number of benzene rings is 2. The van der Waals surface area contributed by atoms with Gasteiger partial charge in [-0.15, -0.1) is 0 Å². The lowest BCUT2D eigenvalue weighted by Crippen LogP contribution is -2.58. The lowest BCUT2D eigenvalue weighted by Gasteiger charge is -2.30. The zero-order valence-electron chi connectivity index (χ0n) is 23.9. The first-order valence-corrected chi connectivity index (χ1v) is 14.3. The van der Waals surface area contributed by atoms with E-state index in [1.165, 1.54) is 17.0 Å². The number of phenols is 1. The van der Waals surface area contributed by atoms with E-state index in [1.54, 1.807) is 18.3 Å². The second kappa shape index (κ2) is 13.5. The highest BCUT2D eigenvalue weighted by atomic mass is 16.4. The Morgan fingerprint density at radius 3 is 2.48 bits per heavy atom. The van der Waals surface area contributed by atoms with E-state index >= 15 is 0 Å². The lowest BCUT2D eigenvalue weighted by molar-refractivity contribution is -0.143. The number of hydrogen-bond acceptors (Lipinski definition) is 6. The van der Waals surface area contributed by atoms with E-state index in [1.807, 2.05) is 38.1 Å². The quantitative estimate of drug-likeness (QED) is 0.191. The number of aromatic nitrogens is 1. The van der Waals surface area contributed by atoms with Crippen LogP contribution >= 0.6 is 0 Å². The fraction of sp³-hybridized carbons (Fsp3) is 0.419. The van der Waals surface area contributed by atoms with Gasteiger partial charge in [-0.05, 0) is 54.5 Å². The number of para-hydroxylation sites is 1. The van der Waals surface area contributed by atoms with Crippen molar-refractivity contribution < 1.29 is 29.4 Å². The highest BCUT2D eigenvalue weighted by molar-refractivity contribution is 5.95. The predicted molar refractivity (Wildman–Crippen MR) is 157 cm³/mol. The topological polar surface area (TPSA) is 178 Å². The van der Waals surface area contributed by atoms with Crippen LogP contribution in [0.3, 0.4) is 0 Å². The number of likely N-dealkylation sites (tertiary alicyclic amines) is 1. The molecule has 2 heterocycles. The van der Waals surface area contributed by atoms with E-state index in [9.17, 15) is 29.4 Å². The molecule has 224 valence electrons. The molecule has 0 saturated carbocycles. The molecule has 1 fully saturated rings. The van der Waals surface area contributed by atoms with Gasteiger partial charge in [0, 0.05) is 30.1 Å². The average Bonchev–Trinajstić information content (AvgIpc) is 3.63. The number of carbonyl (C=O) groups excluding carboxylic acids is 3. The number of carbonyl (C=O) groups is 4. The molecular weight excluding hydrogens is 538 g/mol. The number of fused-ring (bicyclic) bond motifs is 1. The molecule has 11 nitrogen and oxygen atoms in total. The maximum atomic E-state index is 13.5. The number of amides is 3. The van der Waals surface area contributed by atoms with Gasteiger partial charge in [0.25, 0.3) is 0 Å². The molecular formula is C31H39N5O6. The second-order valence-electron chi connectivity index (χ2n) is 11.0. The van der Waals surface area contributed by atoms with Gasteiger partial charge < -0.3 is 36.5 Å². The Morgan fingerprint density at radius 1 is 1.07 bits per heavy atom. The minimum absolute atomic E-state index is 0.0656. The molecule has 0 radical (unpaired) electrons. The van der Waals surface area contributed by atoms with Gasteiger partial charge in [0.1, 0.15) is 23.9 Å². The Balaban J connectivity index is 1.43. The molecule has 0 aliphatic carbocycles. The van der Waals surface area contributed by atoms with Crippen molar-refractivity contribution in [2.75, 3.05) is 6.54 Å². The molecule has 1 aliphatic heterocycles. The van der Waals surface area contributed by atoms with Crippen LogP contribution in [0.4, 0.5) is 0 Å². The minimum Gasteiger partial charge on any atom is -0.508 e. The fourth-order valence-electron chi connectivity index (χ4n) is 5.42. The molecule has 3 aromatic rings. The summed E-state index contributed by atoms with van der Waals surface area (Å²) in [6, 6.07) is 10.1. The molecule has 0 unspecified atom stereocenters. The van der Waals surface area contributed by atoms with Gasteiger partial charge in [0.15, 0.2) is 0 Å². The third-order valence-electron chi connectivity index (χ3n) is 8.05. The number of hydrogen-bond donors (Lipinski definition) is 6. The summed E-state index contributed by atoms with van der Waals surface area (Å²) in [5.74, 6) is -2.79. The van der Waals surface area contributed by atoms with Crippen molar-refractivity contribution in [2.45, 2.75) is 70.1 Å². The van der Waals surface area contributed by atoms with Gasteiger partial charge in [-0.1, -0.05) is 50.6 Å². The van der Waals surface area contributed by atoms with Gasteiger partial charge in [-0.25, -0.2) is 4.79 Å².